The molecule has 1 atom stereocenters. The van der Waals surface area contributed by atoms with Crippen LogP contribution in [0.2, 0.25) is 0 Å². The van der Waals surface area contributed by atoms with Crippen molar-refractivity contribution in [1.82, 2.24) is 4.31 Å². The number of rotatable bonds is 11. The Morgan fingerprint density at radius 2 is 2.03 bits per heavy atom. The second-order valence-electron chi connectivity index (χ2n) is 7.90. The van der Waals surface area contributed by atoms with Crippen LogP contribution in [0.5, 0.6) is 11.5 Å². The summed E-state index contributed by atoms with van der Waals surface area (Å²) < 4.78 is 48.4. The fourth-order valence-corrected chi connectivity index (χ4v) is 4.57. The fourth-order valence-electron chi connectivity index (χ4n) is 3.52. The molecule has 0 saturated carbocycles. The third-order valence-corrected chi connectivity index (χ3v) is 6.09. The van der Waals surface area contributed by atoms with E-state index in [4.69, 9.17) is 18.9 Å². The van der Waals surface area contributed by atoms with Crippen molar-refractivity contribution in [3.63, 3.8) is 0 Å². The molecule has 30 heavy (non-hydrogen) atoms. The molecular weight excluding hydrogens is 410 g/mol. The first-order valence-electron chi connectivity index (χ1n) is 10.1. The average molecular weight is 444 g/mol. The van der Waals surface area contributed by atoms with Crippen LogP contribution < -0.4 is 9.47 Å². The van der Waals surface area contributed by atoms with Crippen LogP contribution in [0.25, 0.3) is 0 Å². The largest absolute Gasteiger partial charge is 0.494 e. The van der Waals surface area contributed by atoms with Crippen molar-refractivity contribution in [1.29, 1.82) is 0 Å². The lowest BCUT2D eigenvalue weighted by Gasteiger charge is -2.41. The Morgan fingerprint density at radius 3 is 2.67 bits per heavy atom. The van der Waals surface area contributed by atoms with Crippen molar-refractivity contribution in [3.8, 4) is 11.5 Å². The molecule has 1 aromatic rings. The van der Waals surface area contributed by atoms with Crippen molar-refractivity contribution < 1.29 is 32.2 Å². The van der Waals surface area contributed by atoms with E-state index in [1.165, 1.54) is 10.6 Å². The molecule has 1 unspecified atom stereocenters. The molecule has 170 valence electrons. The van der Waals surface area contributed by atoms with Crippen molar-refractivity contribution >= 4 is 16.0 Å². The monoisotopic (exact) mass is 443 g/mol. The minimum Gasteiger partial charge on any atom is -0.494 e. The van der Waals surface area contributed by atoms with E-state index >= 15 is 0 Å². The Bertz CT molecular complexity index is 823. The highest BCUT2D eigenvalue weighted by Crippen LogP contribution is 2.44. The van der Waals surface area contributed by atoms with Gasteiger partial charge in [-0.25, -0.2) is 8.42 Å². The van der Waals surface area contributed by atoms with Gasteiger partial charge < -0.3 is 18.9 Å². The number of sulfonamides is 1. The number of esters is 1. The molecule has 0 aliphatic carbocycles. The molecule has 0 N–H and O–H groups in total. The van der Waals surface area contributed by atoms with Gasteiger partial charge in [-0.3, -0.25) is 4.79 Å². The van der Waals surface area contributed by atoms with Gasteiger partial charge in [0.05, 0.1) is 32.1 Å². The Balaban J connectivity index is 2.22. The van der Waals surface area contributed by atoms with Crippen molar-refractivity contribution in [2.75, 3.05) is 39.7 Å². The molecule has 1 aliphatic heterocycles. The van der Waals surface area contributed by atoms with E-state index in [1.54, 1.807) is 26.2 Å². The van der Waals surface area contributed by atoms with Crippen LogP contribution in [0.4, 0.5) is 0 Å². The van der Waals surface area contributed by atoms with Gasteiger partial charge in [0.2, 0.25) is 10.0 Å². The van der Waals surface area contributed by atoms with Gasteiger partial charge in [0.15, 0.2) is 0 Å². The molecule has 0 fully saturated rings. The van der Waals surface area contributed by atoms with E-state index < -0.39 is 21.7 Å². The first kappa shape index (κ1) is 24.4. The zero-order valence-corrected chi connectivity index (χ0v) is 19.3. The molecule has 0 spiro atoms. The van der Waals surface area contributed by atoms with Crippen LogP contribution in [0.1, 0.15) is 51.6 Å². The van der Waals surface area contributed by atoms with Gasteiger partial charge in [0, 0.05) is 32.1 Å². The molecular formula is C21H33NO7S. The fraction of sp³-hybridized carbons (Fsp3) is 0.667. The predicted octanol–water partition coefficient (Wildman–Crippen LogP) is 2.92. The topological polar surface area (TPSA) is 91.4 Å². The quantitative estimate of drug-likeness (QED) is 0.384. The van der Waals surface area contributed by atoms with E-state index in [0.717, 1.165) is 5.56 Å². The standard InChI is InChI=1S/C21H33NO7S/c1-6-27-20(23)8-7-12-28-16-9-10-19-17(14-16)18(15-21(2,3)29-19)22(11-13-26-4)30(5,24)25/h9-10,14,18H,6-8,11-13,15H2,1-5H3. The number of hydrogen-bond donors (Lipinski definition) is 0. The van der Waals surface area contributed by atoms with E-state index in [-0.39, 0.29) is 18.9 Å². The Labute approximate surface area is 179 Å². The summed E-state index contributed by atoms with van der Waals surface area (Å²) in [5.74, 6) is 0.997. The number of carbonyl (C=O) groups excluding carboxylic acids is 1. The van der Waals surface area contributed by atoms with Crippen LogP contribution in [0.3, 0.4) is 0 Å². The van der Waals surface area contributed by atoms with E-state index in [1.807, 2.05) is 19.9 Å². The summed E-state index contributed by atoms with van der Waals surface area (Å²) in [4.78, 5) is 11.4. The maximum atomic E-state index is 12.5. The molecule has 1 heterocycles. The maximum absolute atomic E-state index is 12.5. The summed E-state index contributed by atoms with van der Waals surface area (Å²) in [5.41, 5.74) is 0.245. The highest BCUT2D eigenvalue weighted by molar-refractivity contribution is 7.88. The molecule has 9 heteroatoms. The Kier molecular flexibility index (Phi) is 8.52. The molecule has 0 radical (unpaired) electrons. The maximum Gasteiger partial charge on any atom is 0.305 e. The van der Waals surface area contributed by atoms with Crippen molar-refractivity contribution in [2.45, 2.75) is 51.7 Å². The lowest BCUT2D eigenvalue weighted by molar-refractivity contribution is -0.143. The molecule has 1 aliphatic rings. The Hall–Kier alpha value is -1.84. The molecule has 0 bridgehead atoms. The minimum absolute atomic E-state index is 0.246. The third-order valence-electron chi connectivity index (χ3n) is 4.80. The van der Waals surface area contributed by atoms with E-state index in [0.29, 0.717) is 44.2 Å². The SMILES string of the molecule is CCOC(=O)CCCOc1ccc2c(c1)C(N(CCOC)S(C)(=O)=O)CC(C)(C)O2. The number of hydrogen-bond acceptors (Lipinski definition) is 7. The molecule has 2 rings (SSSR count). The normalized spacial score (nSPS) is 17.9. The molecule has 0 amide bonds. The van der Waals surface area contributed by atoms with Crippen LogP contribution in [0, 0.1) is 0 Å². The first-order valence-corrected chi connectivity index (χ1v) is 12.0. The number of benzene rings is 1. The van der Waals surface area contributed by atoms with Crippen LogP contribution in [-0.2, 0) is 24.3 Å². The predicted molar refractivity (Wildman–Crippen MR) is 113 cm³/mol. The number of fused-ring (bicyclic) bond motifs is 1. The van der Waals surface area contributed by atoms with Gasteiger partial charge >= 0.3 is 5.97 Å². The van der Waals surface area contributed by atoms with Gasteiger partial charge in [0.1, 0.15) is 17.1 Å². The first-order chi connectivity index (χ1) is 14.1. The summed E-state index contributed by atoms with van der Waals surface area (Å²) >= 11 is 0. The summed E-state index contributed by atoms with van der Waals surface area (Å²) in [6, 6.07) is 5.03. The Morgan fingerprint density at radius 1 is 1.30 bits per heavy atom. The molecule has 0 aromatic heterocycles. The lowest BCUT2D eigenvalue weighted by Crippen LogP contribution is -2.44. The van der Waals surface area contributed by atoms with Crippen LogP contribution in [-0.4, -0.2) is 64.0 Å². The summed E-state index contributed by atoms with van der Waals surface area (Å²) in [6.45, 7) is 6.92. The minimum atomic E-state index is -3.47. The van der Waals surface area contributed by atoms with Crippen LogP contribution in [0.15, 0.2) is 18.2 Å². The van der Waals surface area contributed by atoms with Gasteiger partial charge in [-0.05, 0) is 45.4 Å². The zero-order chi connectivity index (χ0) is 22.4. The number of carbonyl (C=O) groups is 1. The average Bonchev–Trinajstić information content (AvgIpc) is 2.64. The molecule has 8 nitrogen and oxygen atoms in total. The van der Waals surface area contributed by atoms with Gasteiger partial charge in [-0.15, -0.1) is 0 Å². The van der Waals surface area contributed by atoms with Crippen molar-refractivity contribution in [3.05, 3.63) is 23.8 Å². The van der Waals surface area contributed by atoms with Crippen molar-refractivity contribution in [2.24, 2.45) is 0 Å². The highest BCUT2D eigenvalue weighted by atomic mass is 32.2. The van der Waals surface area contributed by atoms with Gasteiger partial charge in [-0.1, -0.05) is 0 Å². The molecule has 0 saturated heterocycles. The summed E-state index contributed by atoms with van der Waals surface area (Å²) in [7, 11) is -1.93. The molecule has 1 aromatic carbocycles. The van der Waals surface area contributed by atoms with Crippen LogP contribution >= 0.6 is 0 Å². The highest BCUT2D eigenvalue weighted by Gasteiger charge is 2.40. The van der Waals surface area contributed by atoms with Gasteiger partial charge in [-0.2, -0.15) is 4.31 Å². The lowest BCUT2D eigenvalue weighted by atomic mass is 9.89. The van der Waals surface area contributed by atoms with E-state index in [9.17, 15) is 13.2 Å². The number of nitrogens with zero attached hydrogens (tertiary/aromatic N) is 1. The third kappa shape index (κ3) is 6.85. The van der Waals surface area contributed by atoms with E-state index in [2.05, 4.69) is 0 Å². The second-order valence-corrected chi connectivity index (χ2v) is 9.84. The van der Waals surface area contributed by atoms with Gasteiger partial charge in [0.25, 0.3) is 0 Å². The summed E-state index contributed by atoms with van der Waals surface area (Å²) in [6.07, 6.45) is 2.54. The smallest absolute Gasteiger partial charge is 0.305 e. The number of methoxy groups -OCH3 is 1. The number of ether oxygens (including phenoxy) is 4. The zero-order valence-electron chi connectivity index (χ0n) is 18.5. The second kappa shape index (κ2) is 10.5. The summed E-state index contributed by atoms with van der Waals surface area (Å²) in [5, 5.41) is 0.